The van der Waals surface area contributed by atoms with Crippen molar-refractivity contribution in [2.24, 2.45) is 17.4 Å². The minimum Gasteiger partial charge on any atom is -0.465 e. The van der Waals surface area contributed by atoms with Crippen molar-refractivity contribution in [3.05, 3.63) is 0 Å². The van der Waals surface area contributed by atoms with Crippen molar-refractivity contribution in [1.82, 2.24) is 0 Å². The van der Waals surface area contributed by atoms with Gasteiger partial charge in [-0.25, -0.2) is 0 Å². The summed E-state index contributed by atoms with van der Waals surface area (Å²) < 4.78 is 10.5. The maximum absolute atomic E-state index is 12.0. The molecule has 2 atom stereocenters. The number of esters is 2. The van der Waals surface area contributed by atoms with Gasteiger partial charge in [0.25, 0.3) is 0 Å². The third-order valence-corrected chi connectivity index (χ3v) is 3.16. The average Bonchev–Trinajstić information content (AvgIpc) is 2.36. The summed E-state index contributed by atoms with van der Waals surface area (Å²) in [6, 6.07) is -1.48. The molecule has 0 saturated carbocycles. The quantitative estimate of drug-likeness (QED) is 0.470. The van der Waals surface area contributed by atoms with E-state index in [4.69, 9.17) is 20.9 Å². The van der Waals surface area contributed by atoms with Gasteiger partial charge in [0, 0.05) is 6.42 Å². The van der Waals surface area contributed by atoms with Crippen LogP contribution in [0.15, 0.2) is 0 Å². The van der Waals surface area contributed by atoms with E-state index in [1.807, 2.05) is 20.8 Å². The predicted octanol–water partition coefficient (Wildman–Crippen LogP) is 1.74. The fourth-order valence-corrected chi connectivity index (χ4v) is 2.03. The van der Waals surface area contributed by atoms with Crippen molar-refractivity contribution in [3.63, 3.8) is 0 Å². The lowest BCUT2D eigenvalue weighted by Crippen LogP contribution is -2.44. The molecule has 0 aromatic rings. The molecule has 0 spiro atoms. The van der Waals surface area contributed by atoms with Crippen molar-refractivity contribution >= 4 is 11.9 Å². The molecule has 0 heterocycles. The van der Waals surface area contributed by atoms with Crippen molar-refractivity contribution < 1.29 is 19.1 Å². The fraction of sp³-hybridized carbons (Fsp3) is 0.875. The van der Waals surface area contributed by atoms with E-state index < -0.39 is 29.6 Å². The number of unbranched alkanes of at least 4 members (excludes halogenated alkanes) is 1. The van der Waals surface area contributed by atoms with Gasteiger partial charge in [-0.2, -0.15) is 0 Å². The van der Waals surface area contributed by atoms with Crippen LogP contribution in [-0.4, -0.2) is 36.2 Å². The van der Waals surface area contributed by atoms with E-state index in [0.717, 1.165) is 12.8 Å². The summed E-state index contributed by atoms with van der Waals surface area (Å²) in [5.41, 5.74) is 10.8. The van der Waals surface area contributed by atoms with Gasteiger partial charge >= 0.3 is 11.9 Å². The predicted molar refractivity (Wildman–Crippen MR) is 86.1 cm³/mol. The van der Waals surface area contributed by atoms with Gasteiger partial charge < -0.3 is 20.9 Å². The van der Waals surface area contributed by atoms with Crippen LogP contribution in [0.4, 0.5) is 0 Å². The first-order valence-electron chi connectivity index (χ1n) is 7.99. The van der Waals surface area contributed by atoms with Crippen LogP contribution >= 0.6 is 0 Å². The van der Waals surface area contributed by atoms with Crippen LogP contribution in [0.3, 0.4) is 0 Å². The number of rotatable bonds is 10. The zero-order chi connectivity index (χ0) is 17.3. The molecule has 0 fully saturated rings. The molecule has 0 bridgehead atoms. The molecule has 0 saturated heterocycles. The molecule has 0 aliphatic rings. The molecule has 0 radical (unpaired) electrons. The second kappa shape index (κ2) is 9.79. The van der Waals surface area contributed by atoms with Gasteiger partial charge in [-0.05, 0) is 32.6 Å². The Hall–Kier alpha value is -1.14. The largest absolute Gasteiger partial charge is 0.465 e. The zero-order valence-corrected chi connectivity index (χ0v) is 14.6. The Kier molecular flexibility index (Phi) is 9.28. The van der Waals surface area contributed by atoms with Crippen LogP contribution in [0.2, 0.25) is 0 Å². The van der Waals surface area contributed by atoms with Gasteiger partial charge in [0.05, 0.1) is 6.61 Å². The van der Waals surface area contributed by atoms with E-state index in [2.05, 4.69) is 0 Å². The summed E-state index contributed by atoms with van der Waals surface area (Å²) in [5, 5.41) is 0. The maximum atomic E-state index is 12.0. The summed E-state index contributed by atoms with van der Waals surface area (Å²) in [4.78, 5) is 23.7. The minimum atomic E-state index is -0.866. The standard InChI is InChI=1S/C16H32N2O4/c1-6-7-8-21-14(19)13(18)10-16(4,5)22-15(20)12(17)9-11(2)3/h11-13H,6-10,17-18H2,1-5H3. The summed E-state index contributed by atoms with van der Waals surface area (Å²) in [5.74, 6) is -0.629. The molecule has 4 N–H and O–H groups in total. The lowest BCUT2D eigenvalue weighted by molar-refractivity contribution is -0.162. The van der Waals surface area contributed by atoms with E-state index in [1.165, 1.54) is 0 Å². The highest BCUT2D eigenvalue weighted by Crippen LogP contribution is 2.18. The molecule has 22 heavy (non-hydrogen) atoms. The highest BCUT2D eigenvalue weighted by atomic mass is 16.6. The third-order valence-electron chi connectivity index (χ3n) is 3.16. The molecule has 130 valence electrons. The van der Waals surface area contributed by atoms with Crippen LogP contribution in [-0.2, 0) is 19.1 Å². The molecular weight excluding hydrogens is 284 g/mol. The third kappa shape index (κ3) is 9.00. The SMILES string of the molecule is CCCCOC(=O)C(N)CC(C)(C)OC(=O)C(N)CC(C)C. The smallest absolute Gasteiger partial charge is 0.323 e. The van der Waals surface area contributed by atoms with E-state index in [9.17, 15) is 9.59 Å². The first-order chi connectivity index (χ1) is 10.1. The lowest BCUT2D eigenvalue weighted by Gasteiger charge is -2.29. The Morgan fingerprint density at radius 3 is 2.18 bits per heavy atom. The normalized spacial score (nSPS) is 14.5. The molecular formula is C16H32N2O4. The van der Waals surface area contributed by atoms with Crippen molar-refractivity contribution in [2.45, 2.75) is 78.0 Å². The first kappa shape index (κ1) is 20.9. The summed E-state index contributed by atoms with van der Waals surface area (Å²) in [6.07, 6.45) is 2.50. The van der Waals surface area contributed by atoms with Crippen LogP contribution < -0.4 is 11.5 Å². The van der Waals surface area contributed by atoms with E-state index in [1.54, 1.807) is 13.8 Å². The second-order valence-electron chi connectivity index (χ2n) is 6.75. The Morgan fingerprint density at radius 1 is 1.09 bits per heavy atom. The molecule has 6 nitrogen and oxygen atoms in total. The lowest BCUT2D eigenvalue weighted by atomic mass is 9.98. The van der Waals surface area contributed by atoms with Crippen LogP contribution in [0.1, 0.15) is 60.3 Å². The van der Waals surface area contributed by atoms with E-state index >= 15 is 0 Å². The van der Waals surface area contributed by atoms with Crippen LogP contribution in [0.25, 0.3) is 0 Å². The number of carbonyl (C=O) groups is 2. The molecule has 0 rings (SSSR count). The summed E-state index contributed by atoms with van der Waals surface area (Å²) in [7, 11) is 0. The van der Waals surface area contributed by atoms with Gasteiger partial charge in [-0.15, -0.1) is 0 Å². The Bertz CT molecular complexity index is 356. The first-order valence-corrected chi connectivity index (χ1v) is 7.99. The molecule has 6 heteroatoms. The Morgan fingerprint density at radius 2 is 1.68 bits per heavy atom. The van der Waals surface area contributed by atoms with Crippen molar-refractivity contribution in [3.8, 4) is 0 Å². The van der Waals surface area contributed by atoms with E-state index in [0.29, 0.717) is 18.9 Å². The summed E-state index contributed by atoms with van der Waals surface area (Å²) in [6.45, 7) is 9.78. The number of hydrogen-bond donors (Lipinski definition) is 2. The molecule has 0 amide bonds. The Balaban J connectivity index is 4.37. The van der Waals surface area contributed by atoms with Crippen molar-refractivity contribution in [2.75, 3.05) is 6.61 Å². The van der Waals surface area contributed by atoms with Crippen LogP contribution in [0, 0.1) is 5.92 Å². The van der Waals surface area contributed by atoms with Gasteiger partial charge in [-0.1, -0.05) is 27.2 Å². The van der Waals surface area contributed by atoms with Gasteiger partial charge in [0.15, 0.2) is 0 Å². The molecule has 0 aromatic heterocycles. The van der Waals surface area contributed by atoms with Crippen LogP contribution in [0.5, 0.6) is 0 Å². The average molecular weight is 316 g/mol. The number of hydrogen-bond acceptors (Lipinski definition) is 6. The highest BCUT2D eigenvalue weighted by molar-refractivity contribution is 5.77. The molecule has 0 aromatic carbocycles. The van der Waals surface area contributed by atoms with E-state index in [-0.39, 0.29) is 6.42 Å². The molecule has 2 unspecified atom stereocenters. The second-order valence-corrected chi connectivity index (χ2v) is 6.75. The van der Waals surface area contributed by atoms with Gasteiger partial charge in [0.2, 0.25) is 0 Å². The van der Waals surface area contributed by atoms with Gasteiger partial charge in [-0.3, -0.25) is 9.59 Å². The number of ether oxygens (including phenoxy) is 2. The topological polar surface area (TPSA) is 105 Å². The fourth-order valence-electron chi connectivity index (χ4n) is 2.03. The highest BCUT2D eigenvalue weighted by Gasteiger charge is 2.31. The Labute approximate surface area is 133 Å². The maximum Gasteiger partial charge on any atom is 0.323 e. The van der Waals surface area contributed by atoms with Crippen molar-refractivity contribution in [1.29, 1.82) is 0 Å². The van der Waals surface area contributed by atoms with Gasteiger partial charge in [0.1, 0.15) is 17.7 Å². The summed E-state index contributed by atoms with van der Waals surface area (Å²) >= 11 is 0. The number of carbonyl (C=O) groups excluding carboxylic acids is 2. The monoisotopic (exact) mass is 316 g/mol. The minimum absolute atomic E-state index is 0.193. The zero-order valence-electron chi connectivity index (χ0n) is 14.6. The molecule has 0 aliphatic heterocycles. The number of nitrogens with two attached hydrogens (primary N) is 2. The molecule has 0 aliphatic carbocycles.